The third kappa shape index (κ3) is 4.45. The van der Waals surface area contributed by atoms with Crippen molar-refractivity contribution < 1.29 is 22.3 Å². The Kier molecular flexibility index (Phi) is 5.48. The summed E-state index contributed by atoms with van der Waals surface area (Å²) in [6, 6.07) is 8.82. The number of hydrogen-bond acceptors (Lipinski definition) is 4. The standard InChI is InChI=1S/C17H11Cl2F3N2O3/c18-9-26-14-6-5-13(19)7-11(14)8-24-16(25)27-15(23-24)10-1-3-12(4-2-10)17(20,21)22/h1-7H,8-9H2. The van der Waals surface area contributed by atoms with Crippen molar-refractivity contribution in [2.45, 2.75) is 12.7 Å². The van der Waals surface area contributed by atoms with Crippen LogP contribution in [-0.4, -0.2) is 15.8 Å². The summed E-state index contributed by atoms with van der Waals surface area (Å²) in [4.78, 5) is 12.1. The van der Waals surface area contributed by atoms with E-state index in [2.05, 4.69) is 5.10 Å². The second-order valence-corrected chi connectivity index (χ2v) is 6.07. The van der Waals surface area contributed by atoms with Crippen LogP contribution in [0, 0.1) is 0 Å². The predicted molar refractivity (Wildman–Crippen MR) is 93.1 cm³/mol. The number of hydrogen-bond donors (Lipinski definition) is 0. The monoisotopic (exact) mass is 418 g/mol. The van der Waals surface area contributed by atoms with Crippen LogP contribution in [0.5, 0.6) is 5.75 Å². The molecule has 2 aromatic carbocycles. The van der Waals surface area contributed by atoms with E-state index in [1.165, 1.54) is 12.1 Å². The van der Waals surface area contributed by atoms with Crippen LogP contribution in [0.25, 0.3) is 11.5 Å². The molecule has 0 saturated heterocycles. The van der Waals surface area contributed by atoms with Gasteiger partial charge in [-0.25, -0.2) is 4.79 Å². The first kappa shape index (κ1) is 19.3. The van der Waals surface area contributed by atoms with E-state index in [0.717, 1.165) is 16.8 Å². The van der Waals surface area contributed by atoms with Crippen LogP contribution >= 0.6 is 23.2 Å². The largest absolute Gasteiger partial charge is 0.478 e. The second kappa shape index (κ2) is 7.66. The zero-order valence-electron chi connectivity index (χ0n) is 13.5. The molecular formula is C17H11Cl2F3N2O3. The number of rotatable bonds is 5. The Bertz CT molecular complexity index is 998. The summed E-state index contributed by atoms with van der Waals surface area (Å²) in [6.07, 6.45) is -4.45. The van der Waals surface area contributed by atoms with Crippen molar-refractivity contribution in [2.24, 2.45) is 0 Å². The van der Waals surface area contributed by atoms with E-state index in [-0.39, 0.29) is 24.1 Å². The molecule has 0 N–H and O–H groups in total. The van der Waals surface area contributed by atoms with E-state index >= 15 is 0 Å². The molecule has 0 spiro atoms. The van der Waals surface area contributed by atoms with Crippen LogP contribution in [0.2, 0.25) is 5.02 Å². The van der Waals surface area contributed by atoms with Crippen LogP contribution in [0.15, 0.2) is 51.7 Å². The third-order valence-corrected chi connectivity index (χ3v) is 3.96. The van der Waals surface area contributed by atoms with E-state index in [0.29, 0.717) is 16.3 Å². The minimum atomic E-state index is -4.45. The maximum absolute atomic E-state index is 12.6. The van der Waals surface area contributed by atoms with E-state index in [1.807, 2.05) is 0 Å². The predicted octanol–water partition coefficient (Wildman–Crippen LogP) is 4.80. The lowest BCUT2D eigenvalue weighted by Gasteiger charge is -2.09. The molecule has 5 nitrogen and oxygen atoms in total. The van der Waals surface area contributed by atoms with Gasteiger partial charge in [0.15, 0.2) is 6.07 Å². The van der Waals surface area contributed by atoms with Gasteiger partial charge < -0.3 is 9.15 Å². The molecule has 0 bridgehead atoms. The van der Waals surface area contributed by atoms with Crippen LogP contribution in [0.3, 0.4) is 0 Å². The molecule has 3 rings (SSSR count). The summed E-state index contributed by atoms with van der Waals surface area (Å²) < 4.78 is 49.2. The molecule has 3 aromatic rings. The normalized spacial score (nSPS) is 11.6. The number of aromatic nitrogens is 2. The first-order valence-corrected chi connectivity index (χ1v) is 8.42. The number of nitrogens with zero attached hydrogens (tertiary/aromatic N) is 2. The lowest BCUT2D eigenvalue weighted by Crippen LogP contribution is -2.17. The van der Waals surface area contributed by atoms with Gasteiger partial charge >= 0.3 is 11.9 Å². The zero-order valence-corrected chi connectivity index (χ0v) is 15.0. The Morgan fingerprint density at radius 2 is 1.85 bits per heavy atom. The Morgan fingerprint density at radius 3 is 2.48 bits per heavy atom. The highest BCUT2D eigenvalue weighted by molar-refractivity contribution is 6.30. The third-order valence-electron chi connectivity index (χ3n) is 3.62. The van der Waals surface area contributed by atoms with Gasteiger partial charge in [-0.3, -0.25) is 0 Å². The number of ether oxygens (including phenoxy) is 1. The molecule has 0 fully saturated rings. The second-order valence-electron chi connectivity index (χ2n) is 5.41. The van der Waals surface area contributed by atoms with E-state index < -0.39 is 17.5 Å². The van der Waals surface area contributed by atoms with Gasteiger partial charge in [-0.2, -0.15) is 17.9 Å². The summed E-state index contributed by atoms with van der Waals surface area (Å²) in [5.41, 5.74) is -0.0329. The first-order chi connectivity index (χ1) is 12.8. The fourth-order valence-corrected chi connectivity index (χ4v) is 2.67. The Hall–Kier alpha value is -2.45. The molecule has 0 aliphatic rings. The molecule has 1 heterocycles. The van der Waals surface area contributed by atoms with Crippen molar-refractivity contribution in [3.8, 4) is 17.2 Å². The summed E-state index contributed by atoms with van der Waals surface area (Å²) in [6.45, 7) is -0.0181. The average molecular weight is 419 g/mol. The number of benzene rings is 2. The molecule has 0 saturated carbocycles. The van der Waals surface area contributed by atoms with E-state index in [1.54, 1.807) is 18.2 Å². The topological polar surface area (TPSA) is 57.3 Å². The SMILES string of the molecule is O=c1oc(-c2ccc(C(F)(F)F)cc2)nn1Cc1cc(Cl)ccc1OCCl. The van der Waals surface area contributed by atoms with Gasteiger partial charge in [0.2, 0.25) is 5.89 Å². The summed E-state index contributed by atoms with van der Waals surface area (Å²) >= 11 is 11.5. The van der Waals surface area contributed by atoms with Crippen LogP contribution in [0.4, 0.5) is 13.2 Å². The smallest absolute Gasteiger partial charge is 0.437 e. The van der Waals surface area contributed by atoms with Gasteiger partial charge in [0, 0.05) is 16.1 Å². The highest BCUT2D eigenvalue weighted by Crippen LogP contribution is 2.30. The summed E-state index contributed by atoms with van der Waals surface area (Å²) in [5, 5.41) is 4.45. The summed E-state index contributed by atoms with van der Waals surface area (Å²) in [5.74, 6) is -0.461. The van der Waals surface area contributed by atoms with Gasteiger partial charge in [0.25, 0.3) is 0 Å². The summed E-state index contributed by atoms with van der Waals surface area (Å²) in [7, 11) is 0. The van der Waals surface area contributed by atoms with Crippen molar-refractivity contribution in [2.75, 3.05) is 6.07 Å². The fourth-order valence-electron chi connectivity index (χ4n) is 2.36. The van der Waals surface area contributed by atoms with Gasteiger partial charge in [-0.1, -0.05) is 23.2 Å². The maximum Gasteiger partial charge on any atom is 0.437 e. The molecule has 0 amide bonds. The Labute approximate surface area is 160 Å². The molecule has 27 heavy (non-hydrogen) atoms. The highest BCUT2D eigenvalue weighted by atomic mass is 35.5. The minimum Gasteiger partial charge on any atom is -0.478 e. The van der Waals surface area contributed by atoms with Gasteiger partial charge in [-0.05, 0) is 42.5 Å². The molecule has 0 atom stereocenters. The highest BCUT2D eigenvalue weighted by Gasteiger charge is 2.30. The molecule has 0 radical (unpaired) electrons. The van der Waals surface area contributed by atoms with Gasteiger partial charge in [-0.15, -0.1) is 5.10 Å². The Morgan fingerprint density at radius 1 is 1.15 bits per heavy atom. The lowest BCUT2D eigenvalue weighted by molar-refractivity contribution is -0.137. The average Bonchev–Trinajstić information content (AvgIpc) is 2.97. The molecular weight excluding hydrogens is 408 g/mol. The van der Waals surface area contributed by atoms with Gasteiger partial charge in [0.1, 0.15) is 5.75 Å². The van der Waals surface area contributed by atoms with Crippen LogP contribution in [-0.2, 0) is 12.7 Å². The van der Waals surface area contributed by atoms with E-state index in [4.69, 9.17) is 32.4 Å². The maximum atomic E-state index is 12.6. The Balaban J connectivity index is 1.90. The molecule has 142 valence electrons. The van der Waals surface area contributed by atoms with E-state index in [9.17, 15) is 18.0 Å². The van der Waals surface area contributed by atoms with Crippen molar-refractivity contribution in [3.05, 3.63) is 69.2 Å². The number of alkyl halides is 4. The molecule has 0 unspecified atom stereocenters. The van der Waals surface area contributed by atoms with Crippen molar-refractivity contribution in [1.29, 1.82) is 0 Å². The van der Waals surface area contributed by atoms with Gasteiger partial charge in [0.05, 0.1) is 12.1 Å². The molecule has 1 aromatic heterocycles. The molecule has 0 aliphatic heterocycles. The minimum absolute atomic E-state index is 0.0181. The zero-order chi connectivity index (χ0) is 19.6. The number of halogens is 5. The van der Waals surface area contributed by atoms with Crippen LogP contribution < -0.4 is 10.5 Å². The van der Waals surface area contributed by atoms with Crippen LogP contribution in [0.1, 0.15) is 11.1 Å². The van der Waals surface area contributed by atoms with Crippen molar-refractivity contribution in [3.63, 3.8) is 0 Å². The quantitative estimate of drug-likeness (QED) is 0.558. The lowest BCUT2D eigenvalue weighted by atomic mass is 10.1. The molecule has 0 aliphatic carbocycles. The first-order valence-electron chi connectivity index (χ1n) is 7.50. The van der Waals surface area contributed by atoms with Crippen molar-refractivity contribution in [1.82, 2.24) is 9.78 Å². The fraction of sp³-hybridized carbons (Fsp3) is 0.176. The van der Waals surface area contributed by atoms with Crippen molar-refractivity contribution >= 4 is 23.2 Å². The molecule has 10 heteroatoms.